The molecule has 1 N–H and O–H groups in total. The van der Waals surface area contributed by atoms with Crippen LogP contribution in [0, 0.1) is 0 Å². The molecule has 0 fully saturated rings. The summed E-state index contributed by atoms with van der Waals surface area (Å²) < 4.78 is 34.8. The van der Waals surface area contributed by atoms with Crippen LogP contribution in [0.15, 0.2) is 6.07 Å². The van der Waals surface area contributed by atoms with Crippen molar-refractivity contribution < 1.29 is 22.5 Å². The number of esters is 1. The maximum Gasteiger partial charge on any atom is 0.338 e. The molecule has 10 heteroatoms. The lowest BCUT2D eigenvalue weighted by Crippen LogP contribution is -2.18. The first-order valence-corrected chi connectivity index (χ1v) is 8.49. The Morgan fingerprint density at radius 2 is 1.57 bits per heavy atom. The van der Waals surface area contributed by atoms with E-state index in [2.05, 4.69) is 0 Å². The summed E-state index contributed by atoms with van der Waals surface area (Å²) in [6.45, 7) is -0.476. The van der Waals surface area contributed by atoms with Crippen molar-refractivity contribution >= 4 is 47.5 Å². The van der Waals surface area contributed by atoms with Crippen LogP contribution in [0.25, 0.3) is 0 Å². The summed E-state index contributed by atoms with van der Waals surface area (Å²) in [5.74, 6) is -1.45. The molecular formula is C13H14B4O5S. The van der Waals surface area contributed by atoms with Gasteiger partial charge in [0.05, 0.1) is 36.9 Å². The number of hydrogen-bond acceptors (Lipinski definition) is 4. The molecule has 0 atom stereocenters. The zero-order chi connectivity index (χ0) is 17.6. The summed E-state index contributed by atoms with van der Waals surface area (Å²) in [5, 5.41) is 0. The van der Waals surface area contributed by atoms with Crippen molar-refractivity contribution in [2.24, 2.45) is 0 Å². The topological polar surface area (TPSA) is 80.7 Å². The Morgan fingerprint density at radius 1 is 1.00 bits per heavy atom. The summed E-state index contributed by atoms with van der Waals surface area (Å²) in [6.07, 6.45) is 0.505. The molecule has 0 aliphatic rings. The summed E-state index contributed by atoms with van der Waals surface area (Å²) in [7, 11) is 18.6. The highest BCUT2D eigenvalue weighted by atomic mass is 32.2. The normalized spacial score (nSPS) is 11.3. The smallest absolute Gasteiger partial charge is 0.338 e. The molecule has 0 heterocycles. The molecule has 5 nitrogen and oxygen atoms in total. The van der Waals surface area contributed by atoms with E-state index in [9.17, 15) is 13.2 Å². The molecule has 0 bridgehead atoms. The Bertz CT molecular complexity index is 675. The summed E-state index contributed by atoms with van der Waals surface area (Å²) in [4.78, 5) is 12.2. The van der Waals surface area contributed by atoms with E-state index < -0.39 is 28.4 Å². The van der Waals surface area contributed by atoms with Crippen molar-refractivity contribution in [3.8, 4) is 0 Å². The molecule has 8 radical (unpaired) electrons. The van der Waals surface area contributed by atoms with Gasteiger partial charge in [0.25, 0.3) is 10.1 Å². The molecule has 0 aliphatic carbocycles. The van der Waals surface area contributed by atoms with Crippen molar-refractivity contribution in [3.05, 3.63) is 33.9 Å². The second-order valence-corrected chi connectivity index (χ2v) is 6.33. The molecule has 0 saturated carbocycles. The molecular weight excluding hydrogens is 311 g/mol. The van der Waals surface area contributed by atoms with Gasteiger partial charge in [0.2, 0.25) is 0 Å². The van der Waals surface area contributed by atoms with Crippen molar-refractivity contribution in [1.82, 2.24) is 0 Å². The van der Waals surface area contributed by atoms with Gasteiger partial charge in [-0.3, -0.25) is 4.55 Å². The van der Waals surface area contributed by atoms with E-state index in [4.69, 9.17) is 40.7 Å². The van der Waals surface area contributed by atoms with Crippen LogP contribution in [-0.4, -0.2) is 62.7 Å². The van der Waals surface area contributed by atoms with Crippen molar-refractivity contribution in [2.45, 2.75) is 25.3 Å². The Morgan fingerprint density at radius 3 is 2.00 bits per heavy atom. The van der Waals surface area contributed by atoms with Crippen LogP contribution in [-0.2, 0) is 40.1 Å². The maximum absolute atomic E-state index is 12.2. The first kappa shape index (κ1) is 19.9. The molecule has 1 aromatic carbocycles. The fraction of sp³-hybridized carbons (Fsp3) is 0.462. The minimum Gasteiger partial charge on any atom is -0.461 e. The molecule has 23 heavy (non-hydrogen) atoms. The van der Waals surface area contributed by atoms with E-state index in [1.165, 1.54) is 6.07 Å². The summed E-state index contributed by atoms with van der Waals surface area (Å²) in [6, 6.07) is 1.53. The Kier molecular flexibility index (Phi) is 7.48. The standard InChI is InChI=1S/C13H14B4O5S/c14-4-8-3-9(13(18)22-1-2-23(19,20)21)11(6-16)12(7-17)10(8)5-15/h3H,1-2,4-7H2,(H,19,20,21). The van der Waals surface area contributed by atoms with Gasteiger partial charge in [-0.2, -0.15) is 8.42 Å². The minimum atomic E-state index is -4.21. The Hall–Kier alpha value is -1.14. The van der Waals surface area contributed by atoms with Crippen LogP contribution in [0.4, 0.5) is 0 Å². The molecule has 0 unspecified atom stereocenters. The fourth-order valence-corrected chi connectivity index (χ4v) is 2.60. The van der Waals surface area contributed by atoms with E-state index in [0.717, 1.165) is 5.56 Å². The van der Waals surface area contributed by atoms with Crippen molar-refractivity contribution in [3.63, 3.8) is 0 Å². The molecule has 1 aromatic rings. The van der Waals surface area contributed by atoms with Gasteiger partial charge in [0.15, 0.2) is 0 Å². The SMILES string of the molecule is [B]Cc1cc(C(=O)OCCS(=O)(=O)O)c(C[B])c(C[B])c1C[B]. The van der Waals surface area contributed by atoms with Gasteiger partial charge in [-0.25, -0.2) is 4.79 Å². The van der Waals surface area contributed by atoms with Gasteiger partial charge in [-0.1, -0.05) is 42.0 Å². The van der Waals surface area contributed by atoms with Gasteiger partial charge in [-0.05, 0) is 11.6 Å². The number of hydrogen-bond donors (Lipinski definition) is 1. The van der Waals surface area contributed by atoms with E-state index in [-0.39, 0.29) is 30.8 Å². The monoisotopic (exact) mass is 326 g/mol. The highest BCUT2D eigenvalue weighted by Crippen LogP contribution is 2.25. The maximum atomic E-state index is 12.2. The number of benzene rings is 1. The van der Waals surface area contributed by atoms with Gasteiger partial charge < -0.3 is 4.74 Å². The van der Waals surface area contributed by atoms with E-state index in [1.54, 1.807) is 0 Å². The van der Waals surface area contributed by atoms with Gasteiger partial charge >= 0.3 is 5.97 Å². The zero-order valence-corrected chi connectivity index (χ0v) is 13.4. The van der Waals surface area contributed by atoms with E-state index in [0.29, 0.717) is 16.7 Å². The van der Waals surface area contributed by atoms with Crippen LogP contribution in [0.5, 0.6) is 0 Å². The third kappa shape index (κ3) is 5.18. The Labute approximate surface area is 141 Å². The average molecular weight is 326 g/mol. The van der Waals surface area contributed by atoms with E-state index >= 15 is 0 Å². The lowest BCUT2D eigenvalue weighted by Gasteiger charge is -2.20. The van der Waals surface area contributed by atoms with Crippen LogP contribution >= 0.6 is 0 Å². The molecule has 0 saturated heterocycles. The highest BCUT2D eigenvalue weighted by Gasteiger charge is 2.19. The van der Waals surface area contributed by atoms with Crippen LogP contribution in [0.1, 0.15) is 32.6 Å². The average Bonchev–Trinajstić information content (AvgIpc) is 2.50. The molecule has 0 spiro atoms. The first-order chi connectivity index (χ1) is 10.8. The second kappa shape index (κ2) is 8.64. The first-order valence-electron chi connectivity index (χ1n) is 6.88. The number of carbonyl (C=O) groups excluding carboxylic acids is 1. The van der Waals surface area contributed by atoms with Crippen LogP contribution in [0.2, 0.25) is 0 Å². The lowest BCUT2D eigenvalue weighted by molar-refractivity contribution is 0.0527. The molecule has 114 valence electrons. The van der Waals surface area contributed by atoms with Gasteiger partial charge in [-0.15, -0.1) is 0 Å². The predicted octanol–water partition coefficient (Wildman–Crippen LogP) is -0.595. The van der Waals surface area contributed by atoms with Crippen LogP contribution < -0.4 is 0 Å². The third-order valence-electron chi connectivity index (χ3n) is 3.39. The molecule has 0 amide bonds. The van der Waals surface area contributed by atoms with Crippen molar-refractivity contribution in [2.75, 3.05) is 12.4 Å². The summed E-state index contributed by atoms with van der Waals surface area (Å²) in [5.41, 5.74) is 2.68. The van der Waals surface area contributed by atoms with Gasteiger partial charge in [0, 0.05) is 0 Å². The highest BCUT2D eigenvalue weighted by molar-refractivity contribution is 7.85. The zero-order valence-electron chi connectivity index (χ0n) is 12.6. The fourth-order valence-electron chi connectivity index (χ4n) is 2.30. The van der Waals surface area contributed by atoms with Gasteiger partial charge in [0.1, 0.15) is 12.4 Å². The summed E-state index contributed by atoms with van der Waals surface area (Å²) >= 11 is 0. The molecule has 0 aliphatic heterocycles. The quantitative estimate of drug-likeness (QED) is 0.392. The molecule has 0 aromatic heterocycles. The van der Waals surface area contributed by atoms with Crippen LogP contribution in [0.3, 0.4) is 0 Å². The van der Waals surface area contributed by atoms with E-state index in [1.807, 2.05) is 0 Å². The third-order valence-corrected chi connectivity index (χ3v) is 4.07. The molecule has 1 rings (SSSR count). The van der Waals surface area contributed by atoms with Crippen molar-refractivity contribution in [1.29, 1.82) is 0 Å². The number of rotatable bonds is 8. The number of ether oxygens (including phenoxy) is 1. The Balaban J connectivity index is 3.21. The predicted molar refractivity (Wildman–Crippen MR) is 91.0 cm³/mol. The second-order valence-electron chi connectivity index (χ2n) is 4.76. The minimum absolute atomic E-state index is 0.0348. The number of carbonyl (C=O) groups is 1. The lowest BCUT2D eigenvalue weighted by atomic mass is 9.74. The largest absolute Gasteiger partial charge is 0.461 e.